The average molecular weight is 297 g/mol. The molecule has 0 fully saturated rings. The van der Waals surface area contributed by atoms with Crippen molar-refractivity contribution in [2.75, 3.05) is 7.05 Å². The van der Waals surface area contributed by atoms with Crippen LogP contribution in [0.4, 0.5) is 0 Å². The first-order valence-electron chi connectivity index (χ1n) is 7.39. The van der Waals surface area contributed by atoms with Crippen LogP contribution in [0.15, 0.2) is 24.3 Å². The topological polar surface area (TPSA) is 46.2 Å². The van der Waals surface area contributed by atoms with Gasteiger partial charge in [-0.3, -0.25) is 0 Å². The van der Waals surface area contributed by atoms with Gasteiger partial charge in [0.05, 0.1) is 11.0 Å². The molecule has 0 aliphatic heterocycles. The highest BCUT2D eigenvalue weighted by Gasteiger charge is 2.30. The first-order chi connectivity index (χ1) is 9.44. The van der Waals surface area contributed by atoms with Crippen molar-refractivity contribution in [2.45, 2.75) is 57.1 Å². The van der Waals surface area contributed by atoms with Gasteiger partial charge in [0.15, 0.2) is 9.84 Å². The molecule has 1 aromatic carbocycles. The standard InChI is InChI=1S/C16H27NO2S/c1-5-8-15(17-4)16(6-2)20(18,19)12-14-10-7-9-13(3)11-14/h7,9-11,15-17H,5-6,8,12H2,1-4H3. The maximum absolute atomic E-state index is 12.7. The summed E-state index contributed by atoms with van der Waals surface area (Å²) in [4.78, 5) is 0. The van der Waals surface area contributed by atoms with Crippen molar-refractivity contribution < 1.29 is 8.42 Å². The molecule has 4 heteroatoms. The molecule has 1 rings (SSSR count). The van der Waals surface area contributed by atoms with Gasteiger partial charge in [0, 0.05) is 6.04 Å². The second-order valence-electron chi connectivity index (χ2n) is 5.43. The Hall–Kier alpha value is -0.870. The second-order valence-corrected chi connectivity index (χ2v) is 7.65. The Labute approximate surface area is 123 Å². The summed E-state index contributed by atoms with van der Waals surface area (Å²) in [5, 5.41) is 2.87. The number of nitrogens with one attached hydrogen (secondary N) is 1. The van der Waals surface area contributed by atoms with E-state index >= 15 is 0 Å². The summed E-state index contributed by atoms with van der Waals surface area (Å²) in [5.41, 5.74) is 1.99. The third kappa shape index (κ3) is 4.60. The Morgan fingerprint density at radius 2 is 1.95 bits per heavy atom. The molecule has 0 bridgehead atoms. The van der Waals surface area contributed by atoms with E-state index in [1.165, 1.54) is 0 Å². The van der Waals surface area contributed by atoms with E-state index in [2.05, 4.69) is 12.2 Å². The van der Waals surface area contributed by atoms with Crippen LogP contribution in [0.2, 0.25) is 0 Å². The number of hydrogen-bond acceptors (Lipinski definition) is 3. The fourth-order valence-electron chi connectivity index (χ4n) is 2.76. The highest BCUT2D eigenvalue weighted by atomic mass is 32.2. The summed E-state index contributed by atoms with van der Waals surface area (Å²) in [6.07, 6.45) is 2.53. The molecule has 0 aliphatic carbocycles. The monoisotopic (exact) mass is 297 g/mol. The number of hydrogen-bond donors (Lipinski definition) is 1. The third-order valence-electron chi connectivity index (χ3n) is 3.73. The Morgan fingerprint density at radius 3 is 2.45 bits per heavy atom. The van der Waals surface area contributed by atoms with E-state index in [1.54, 1.807) is 0 Å². The molecule has 0 aromatic heterocycles. The lowest BCUT2D eigenvalue weighted by atomic mass is 10.1. The molecule has 1 N–H and O–H groups in total. The van der Waals surface area contributed by atoms with Crippen LogP contribution in [0, 0.1) is 6.92 Å². The van der Waals surface area contributed by atoms with Crippen LogP contribution < -0.4 is 5.32 Å². The first kappa shape index (κ1) is 17.2. The smallest absolute Gasteiger partial charge is 0.158 e. The summed E-state index contributed by atoms with van der Waals surface area (Å²) in [5.74, 6) is 0.134. The molecule has 0 aliphatic rings. The summed E-state index contributed by atoms with van der Waals surface area (Å²) < 4.78 is 25.4. The van der Waals surface area contributed by atoms with Gasteiger partial charge >= 0.3 is 0 Å². The van der Waals surface area contributed by atoms with E-state index in [4.69, 9.17) is 0 Å². The van der Waals surface area contributed by atoms with Crippen molar-refractivity contribution in [3.05, 3.63) is 35.4 Å². The lowest BCUT2D eigenvalue weighted by Crippen LogP contribution is -2.42. The first-order valence-corrected chi connectivity index (χ1v) is 9.10. The minimum absolute atomic E-state index is 0.0415. The molecule has 3 nitrogen and oxygen atoms in total. The van der Waals surface area contributed by atoms with E-state index in [0.717, 1.165) is 24.0 Å². The van der Waals surface area contributed by atoms with Crippen LogP contribution in [0.3, 0.4) is 0 Å². The van der Waals surface area contributed by atoms with E-state index in [9.17, 15) is 8.42 Å². The molecule has 114 valence electrons. The van der Waals surface area contributed by atoms with E-state index in [-0.39, 0.29) is 17.0 Å². The van der Waals surface area contributed by atoms with Gasteiger partial charge in [0.25, 0.3) is 0 Å². The van der Waals surface area contributed by atoms with Crippen molar-refractivity contribution in [1.29, 1.82) is 0 Å². The van der Waals surface area contributed by atoms with Crippen LogP contribution in [0.25, 0.3) is 0 Å². The number of benzene rings is 1. The molecule has 20 heavy (non-hydrogen) atoms. The lowest BCUT2D eigenvalue weighted by molar-refractivity contribution is 0.464. The Kier molecular flexibility index (Phi) is 6.69. The maximum Gasteiger partial charge on any atom is 0.158 e. The van der Waals surface area contributed by atoms with Crippen molar-refractivity contribution in [2.24, 2.45) is 0 Å². The number of aryl methyl sites for hydroxylation is 1. The highest BCUT2D eigenvalue weighted by Crippen LogP contribution is 2.20. The molecule has 0 saturated carbocycles. The molecular weight excluding hydrogens is 270 g/mol. The van der Waals surface area contributed by atoms with Crippen molar-refractivity contribution in [1.82, 2.24) is 5.32 Å². The predicted molar refractivity (Wildman–Crippen MR) is 85.6 cm³/mol. The molecule has 1 aromatic rings. The number of rotatable bonds is 8. The molecule has 0 heterocycles. The van der Waals surface area contributed by atoms with Gasteiger partial charge in [-0.15, -0.1) is 0 Å². The molecule has 0 radical (unpaired) electrons. The average Bonchev–Trinajstić information content (AvgIpc) is 2.37. The molecule has 2 atom stereocenters. The van der Waals surface area contributed by atoms with Gasteiger partial charge < -0.3 is 5.32 Å². The largest absolute Gasteiger partial charge is 0.316 e. The van der Waals surface area contributed by atoms with Gasteiger partial charge in [0.2, 0.25) is 0 Å². The van der Waals surface area contributed by atoms with Gasteiger partial charge in [0.1, 0.15) is 0 Å². The summed E-state index contributed by atoms with van der Waals surface area (Å²) >= 11 is 0. The fourth-order valence-corrected chi connectivity index (χ4v) is 4.90. The molecule has 0 spiro atoms. The van der Waals surface area contributed by atoms with Gasteiger partial charge in [-0.25, -0.2) is 8.42 Å². The molecule has 0 amide bonds. The van der Waals surface area contributed by atoms with Crippen molar-refractivity contribution >= 4 is 9.84 Å². The van der Waals surface area contributed by atoms with Crippen molar-refractivity contribution in [3.63, 3.8) is 0 Å². The number of sulfone groups is 1. The predicted octanol–water partition coefficient (Wildman–Crippen LogP) is 3.08. The van der Waals surface area contributed by atoms with E-state index in [1.807, 2.05) is 45.2 Å². The van der Waals surface area contributed by atoms with Crippen LogP contribution in [0.1, 0.15) is 44.2 Å². The fraction of sp³-hybridized carbons (Fsp3) is 0.625. The summed E-state index contributed by atoms with van der Waals surface area (Å²) in [7, 11) is -1.29. The second kappa shape index (κ2) is 7.79. The third-order valence-corrected chi connectivity index (χ3v) is 6.05. The Balaban J connectivity index is 2.94. The molecule has 0 saturated heterocycles. The highest BCUT2D eigenvalue weighted by molar-refractivity contribution is 7.91. The zero-order chi connectivity index (χ0) is 15.2. The molecule has 2 unspecified atom stereocenters. The lowest BCUT2D eigenvalue weighted by Gasteiger charge is -2.25. The van der Waals surface area contributed by atoms with Crippen molar-refractivity contribution in [3.8, 4) is 0 Å². The van der Waals surface area contributed by atoms with Gasteiger partial charge in [-0.05, 0) is 32.4 Å². The Morgan fingerprint density at radius 1 is 1.25 bits per heavy atom. The quantitative estimate of drug-likeness (QED) is 0.802. The maximum atomic E-state index is 12.7. The molecular formula is C16H27NO2S. The van der Waals surface area contributed by atoms with Crippen LogP contribution in [0.5, 0.6) is 0 Å². The van der Waals surface area contributed by atoms with Crippen LogP contribution >= 0.6 is 0 Å². The summed E-state index contributed by atoms with van der Waals surface area (Å²) in [6.45, 7) is 6.03. The van der Waals surface area contributed by atoms with Gasteiger partial charge in [-0.2, -0.15) is 0 Å². The normalized spacial score (nSPS) is 15.0. The van der Waals surface area contributed by atoms with E-state index in [0.29, 0.717) is 6.42 Å². The zero-order valence-electron chi connectivity index (χ0n) is 13.0. The SMILES string of the molecule is CCCC(NC)C(CC)S(=O)(=O)Cc1cccc(C)c1. The zero-order valence-corrected chi connectivity index (χ0v) is 13.8. The minimum Gasteiger partial charge on any atom is -0.316 e. The van der Waals surface area contributed by atoms with E-state index < -0.39 is 9.84 Å². The van der Waals surface area contributed by atoms with Crippen LogP contribution in [-0.2, 0) is 15.6 Å². The minimum atomic E-state index is -3.14. The van der Waals surface area contributed by atoms with Crippen LogP contribution in [-0.4, -0.2) is 26.8 Å². The Bertz CT molecular complexity index is 511. The summed E-state index contributed by atoms with van der Waals surface area (Å²) in [6, 6.07) is 7.80. The van der Waals surface area contributed by atoms with Gasteiger partial charge in [-0.1, -0.05) is 50.1 Å².